The SMILES string of the molecule is C[C@H](N)[C@H]1CNC2(CC2c2c(O)cc3c(=O)c(C(=O)O)cn(C4CC4)c3c2Cl)C1. The maximum absolute atomic E-state index is 12.7. The molecule has 1 saturated heterocycles. The van der Waals surface area contributed by atoms with E-state index >= 15 is 0 Å². The molecule has 2 heterocycles. The topological polar surface area (TPSA) is 118 Å². The summed E-state index contributed by atoms with van der Waals surface area (Å²) in [5.41, 5.74) is 6.23. The zero-order valence-corrected chi connectivity index (χ0v) is 16.9. The quantitative estimate of drug-likeness (QED) is 0.607. The Kier molecular flexibility index (Phi) is 4.04. The van der Waals surface area contributed by atoms with Crippen molar-refractivity contribution in [1.29, 1.82) is 0 Å². The second kappa shape index (κ2) is 6.20. The lowest BCUT2D eigenvalue weighted by Crippen LogP contribution is -2.28. The van der Waals surface area contributed by atoms with Gasteiger partial charge < -0.3 is 25.8 Å². The van der Waals surface area contributed by atoms with Crippen LogP contribution >= 0.6 is 11.6 Å². The number of pyridine rings is 1. The molecule has 3 aliphatic rings. The predicted octanol–water partition coefficient (Wildman–Crippen LogP) is 2.58. The average Bonchev–Trinajstić information content (AvgIpc) is 3.54. The number of carboxylic acid groups (broad SMARTS) is 1. The lowest BCUT2D eigenvalue weighted by atomic mass is 9.94. The number of carboxylic acids is 1. The van der Waals surface area contributed by atoms with Crippen molar-refractivity contribution in [3.8, 4) is 5.75 Å². The van der Waals surface area contributed by atoms with Gasteiger partial charge in [-0.3, -0.25) is 4.79 Å². The Morgan fingerprint density at radius 3 is 2.72 bits per heavy atom. The van der Waals surface area contributed by atoms with Gasteiger partial charge in [-0.05, 0) is 44.6 Å². The lowest BCUT2D eigenvalue weighted by Gasteiger charge is -2.18. The normalized spacial score (nSPS) is 29.5. The molecule has 2 aromatic rings. The summed E-state index contributed by atoms with van der Waals surface area (Å²) in [5.74, 6) is -0.893. The van der Waals surface area contributed by atoms with Crippen molar-refractivity contribution in [2.24, 2.45) is 11.7 Å². The first-order chi connectivity index (χ1) is 13.7. The highest BCUT2D eigenvalue weighted by molar-refractivity contribution is 6.36. The molecule has 2 unspecified atom stereocenters. The van der Waals surface area contributed by atoms with E-state index in [9.17, 15) is 19.8 Å². The molecule has 0 amide bonds. The molecule has 5 N–H and O–H groups in total. The molecule has 1 aromatic heterocycles. The minimum absolute atomic E-state index is 0.0441. The van der Waals surface area contributed by atoms with Gasteiger partial charge in [0.25, 0.3) is 0 Å². The summed E-state index contributed by atoms with van der Waals surface area (Å²) in [6, 6.07) is 1.62. The lowest BCUT2D eigenvalue weighted by molar-refractivity contribution is 0.0695. The average molecular weight is 418 g/mol. The molecule has 29 heavy (non-hydrogen) atoms. The van der Waals surface area contributed by atoms with Crippen LogP contribution in [0.15, 0.2) is 17.1 Å². The maximum Gasteiger partial charge on any atom is 0.341 e. The van der Waals surface area contributed by atoms with Crippen molar-refractivity contribution < 1.29 is 15.0 Å². The maximum atomic E-state index is 12.7. The third-order valence-corrected chi connectivity index (χ3v) is 7.34. The van der Waals surface area contributed by atoms with E-state index in [4.69, 9.17) is 17.3 Å². The highest BCUT2D eigenvalue weighted by Crippen LogP contribution is 2.61. The molecule has 1 spiro atoms. The standard InChI is InChI=1S/C21H24ClN3O4/c1-9(23)10-5-21(24-7-10)6-14(21)16-15(26)4-12-18(17(16)22)25(11-2-3-11)8-13(19(12)27)20(28)29/h4,8-11,14,24,26H,2-3,5-7,23H2,1H3,(H,28,29)/t9-,10+,14?,21?/m0/s1. The number of phenolic OH excluding ortho intramolecular Hbond substituents is 1. The van der Waals surface area contributed by atoms with Crippen LogP contribution in [-0.4, -0.2) is 38.9 Å². The summed E-state index contributed by atoms with van der Waals surface area (Å²) in [4.78, 5) is 24.3. The van der Waals surface area contributed by atoms with Crippen molar-refractivity contribution in [1.82, 2.24) is 9.88 Å². The largest absolute Gasteiger partial charge is 0.508 e. The Morgan fingerprint density at radius 2 is 2.14 bits per heavy atom. The number of fused-ring (bicyclic) bond motifs is 1. The summed E-state index contributed by atoms with van der Waals surface area (Å²) >= 11 is 6.80. The number of rotatable bonds is 4. The van der Waals surface area contributed by atoms with E-state index in [0.29, 0.717) is 22.0 Å². The number of nitrogens with zero attached hydrogens (tertiary/aromatic N) is 1. The van der Waals surface area contributed by atoms with Gasteiger partial charge in [0.1, 0.15) is 11.3 Å². The van der Waals surface area contributed by atoms with Crippen LogP contribution in [-0.2, 0) is 0 Å². The number of hydrogen-bond acceptors (Lipinski definition) is 5. The van der Waals surface area contributed by atoms with Crippen molar-refractivity contribution in [2.75, 3.05) is 6.54 Å². The Morgan fingerprint density at radius 1 is 1.41 bits per heavy atom. The second-order valence-electron chi connectivity index (χ2n) is 8.95. The molecule has 0 radical (unpaired) electrons. The molecule has 154 valence electrons. The number of aromatic nitrogens is 1. The highest BCUT2D eigenvalue weighted by Gasteiger charge is 2.60. The number of phenols is 1. The highest BCUT2D eigenvalue weighted by atomic mass is 35.5. The fourth-order valence-corrected chi connectivity index (χ4v) is 5.45. The number of nitrogens with two attached hydrogens (primary N) is 1. The first-order valence-corrected chi connectivity index (χ1v) is 10.5. The van der Waals surface area contributed by atoms with Crippen LogP contribution in [0.1, 0.15) is 60.5 Å². The van der Waals surface area contributed by atoms with Crippen LogP contribution in [0.3, 0.4) is 0 Å². The molecular formula is C21H24ClN3O4. The summed E-state index contributed by atoms with van der Waals surface area (Å²) in [5, 5.41) is 24.3. The second-order valence-corrected chi connectivity index (χ2v) is 9.33. The number of aromatic hydroxyl groups is 1. The van der Waals surface area contributed by atoms with E-state index in [2.05, 4.69) is 5.32 Å². The van der Waals surface area contributed by atoms with Gasteiger partial charge in [0.15, 0.2) is 0 Å². The van der Waals surface area contributed by atoms with Gasteiger partial charge in [0.2, 0.25) is 5.43 Å². The molecule has 2 saturated carbocycles. The smallest absolute Gasteiger partial charge is 0.341 e. The summed E-state index contributed by atoms with van der Waals surface area (Å²) in [6.45, 7) is 2.85. The number of halogens is 1. The summed E-state index contributed by atoms with van der Waals surface area (Å²) in [7, 11) is 0. The molecule has 0 bridgehead atoms. The van der Waals surface area contributed by atoms with Gasteiger partial charge in [-0.15, -0.1) is 0 Å². The minimum Gasteiger partial charge on any atom is -0.508 e. The molecule has 7 nitrogen and oxygen atoms in total. The predicted molar refractivity (Wildman–Crippen MR) is 110 cm³/mol. The van der Waals surface area contributed by atoms with E-state index in [0.717, 1.165) is 32.2 Å². The molecule has 4 atom stereocenters. The molecule has 5 rings (SSSR count). The number of aromatic carboxylic acids is 1. The van der Waals surface area contributed by atoms with Gasteiger partial charge in [-0.2, -0.15) is 0 Å². The number of hydrogen-bond donors (Lipinski definition) is 4. The van der Waals surface area contributed by atoms with E-state index < -0.39 is 11.4 Å². The van der Waals surface area contributed by atoms with Gasteiger partial charge in [-0.1, -0.05) is 11.6 Å². The van der Waals surface area contributed by atoms with Crippen LogP contribution in [0.5, 0.6) is 5.75 Å². The van der Waals surface area contributed by atoms with E-state index in [-0.39, 0.29) is 40.2 Å². The number of benzene rings is 1. The Balaban J connectivity index is 1.66. The van der Waals surface area contributed by atoms with Crippen molar-refractivity contribution in [3.63, 3.8) is 0 Å². The Bertz CT molecular complexity index is 1110. The first-order valence-electron chi connectivity index (χ1n) is 10.1. The van der Waals surface area contributed by atoms with Crippen molar-refractivity contribution in [3.05, 3.63) is 38.6 Å². The first kappa shape index (κ1) is 18.9. The van der Waals surface area contributed by atoms with Gasteiger partial charge in [0, 0.05) is 41.8 Å². The van der Waals surface area contributed by atoms with Crippen molar-refractivity contribution >= 4 is 28.5 Å². The number of carbonyl (C=O) groups is 1. The fraction of sp³-hybridized carbons (Fsp3) is 0.524. The molecule has 1 aromatic carbocycles. The monoisotopic (exact) mass is 417 g/mol. The fourth-order valence-electron chi connectivity index (χ4n) is 5.02. The van der Waals surface area contributed by atoms with Crippen LogP contribution in [0, 0.1) is 5.92 Å². The van der Waals surface area contributed by atoms with E-state index in [1.54, 1.807) is 0 Å². The van der Waals surface area contributed by atoms with Crippen LogP contribution in [0.2, 0.25) is 5.02 Å². The van der Waals surface area contributed by atoms with Crippen molar-refractivity contribution in [2.45, 2.75) is 56.1 Å². The third-order valence-electron chi connectivity index (χ3n) is 6.95. The molecule has 8 heteroatoms. The summed E-state index contributed by atoms with van der Waals surface area (Å²) in [6.07, 6.45) is 5.01. The molecule has 2 aliphatic carbocycles. The summed E-state index contributed by atoms with van der Waals surface area (Å²) < 4.78 is 1.81. The van der Waals surface area contributed by atoms with E-state index in [1.807, 2.05) is 11.5 Å². The number of nitrogens with one attached hydrogen (secondary N) is 1. The Labute approximate surface area is 172 Å². The molecule has 3 fully saturated rings. The molecular weight excluding hydrogens is 394 g/mol. The van der Waals surface area contributed by atoms with Crippen LogP contribution in [0.4, 0.5) is 0 Å². The zero-order chi connectivity index (χ0) is 20.7. The molecule has 1 aliphatic heterocycles. The third kappa shape index (κ3) is 2.79. The zero-order valence-electron chi connectivity index (χ0n) is 16.1. The van der Waals surface area contributed by atoms with Crippen LogP contribution < -0.4 is 16.5 Å². The minimum atomic E-state index is -1.27. The van der Waals surface area contributed by atoms with Gasteiger partial charge in [-0.25, -0.2) is 4.79 Å². The van der Waals surface area contributed by atoms with Gasteiger partial charge >= 0.3 is 5.97 Å². The van der Waals surface area contributed by atoms with E-state index in [1.165, 1.54) is 12.3 Å². The Hall–Kier alpha value is -2.09. The van der Waals surface area contributed by atoms with Gasteiger partial charge in [0.05, 0.1) is 15.9 Å². The van der Waals surface area contributed by atoms with Crippen LogP contribution in [0.25, 0.3) is 10.9 Å².